The van der Waals surface area contributed by atoms with Gasteiger partial charge in [0, 0.05) is 56.7 Å². The number of anilines is 1. The standard InChI is InChI=1S/C20H26N6OS/c1-24-10-12-25(13-11-24)19-22-23-20(28-19)26-9-5-7-17(26)15-21-14-16-6-3-4-8-18(16)27-2/h3-9,21H,10-15H2,1-2H3. The van der Waals surface area contributed by atoms with Gasteiger partial charge in [-0.25, -0.2) is 0 Å². The highest BCUT2D eigenvalue weighted by atomic mass is 32.1. The Morgan fingerprint density at radius 2 is 1.79 bits per heavy atom. The molecule has 4 rings (SSSR count). The molecule has 0 unspecified atom stereocenters. The summed E-state index contributed by atoms with van der Waals surface area (Å²) in [5, 5.41) is 14.3. The number of benzene rings is 1. The summed E-state index contributed by atoms with van der Waals surface area (Å²) in [5.74, 6) is 0.909. The van der Waals surface area contributed by atoms with E-state index < -0.39 is 0 Å². The molecule has 0 amide bonds. The van der Waals surface area contributed by atoms with Crippen LogP contribution in [0.1, 0.15) is 11.3 Å². The minimum Gasteiger partial charge on any atom is -0.496 e. The van der Waals surface area contributed by atoms with Crippen molar-refractivity contribution in [3.63, 3.8) is 0 Å². The Kier molecular flexibility index (Phi) is 5.90. The second-order valence-electron chi connectivity index (χ2n) is 6.94. The van der Waals surface area contributed by atoms with Crippen LogP contribution in [0.15, 0.2) is 42.6 Å². The van der Waals surface area contributed by atoms with Gasteiger partial charge in [0.15, 0.2) is 0 Å². The monoisotopic (exact) mass is 398 g/mol. The molecule has 1 aliphatic rings. The zero-order chi connectivity index (χ0) is 19.3. The topological polar surface area (TPSA) is 58.5 Å². The van der Waals surface area contributed by atoms with Crippen LogP contribution in [0.3, 0.4) is 0 Å². The molecule has 3 heterocycles. The third-order valence-electron chi connectivity index (χ3n) is 5.03. The van der Waals surface area contributed by atoms with Crippen molar-refractivity contribution in [1.29, 1.82) is 0 Å². The number of likely N-dealkylation sites (N-methyl/N-ethyl adjacent to an activating group) is 1. The van der Waals surface area contributed by atoms with Crippen LogP contribution in [0.2, 0.25) is 0 Å². The van der Waals surface area contributed by atoms with Gasteiger partial charge in [-0.15, -0.1) is 10.2 Å². The molecule has 1 aromatic carbocycles. The van der Waals surface area contributed by atoms with Crippen molar-refractivity contribution in [3.05, 3.63) is 53.9 Å². The fourth-order valence-electron chi connectivity index (χ4n) is 3.35. The maximum atomic E-state index is 5.42. The van der Waals surface area contributed by atoms with E-state index in [4.69, 9.17) is 4.74 Å². The van der Waals surface area contributed by atoms with E-state index >= 15 is 0 Å². The highest BCUT2D eigenvalue weighted by Crippen LogP contribution is 2.25. The third-order valence-corrected chi connectivity index (χ3v) is 6.01. The lowest BCUT2D eigenvalue weighted by Crippen LogP contribution is -2.44. The van der Waals surface area contributed by atoms with Gasteiger partial charge in [-0.1, -0.05) is 29.5 Å². The summed E-state index contributed by atoms with van der Waals surface area (Å²) in [4.78, 5) is 4.67. The number of piperazine rings is 1. The largest absolute Gasteiger partial charge is 0.496 e. The van der Waals surface area contributed by atoms with Crippen molar-refractivity contribution in [3.8, 4) is 10.9 Å². The summed E-state index contributed by atoms with van der Waals surface area (Å²) in [5.41, 5.74) is 2.31. The van der Waals surface area contributed by atoms with Crippen molar-refractivity contribution in [1.82, 2.24) is 25.0 Å². The normalized spacial score (nSPS) is 15.1. The molecule has 28 heavy (non-hydrogen) atoms. The summed E-state index contributed by atoms with van der Waals surface area (Å²) < 4.78 is 7.54. The summed E-state index contributed by atoms with van der Waals surface area (Å²) in [6.45, 7) is 5.63. The molecule has 8 heteroatoms. The van der Waals surface area contributed by atoms with Gasteiger partial charge in [0.25, 0.3) is 0 Å². The van der Waals surface area contributed by atoms with Crippen molar-refractivity contribution in [2.24, 2.45) is 0 Å². The van der Waals surface area contributed by atoms with Crippen molar-refractivity contribution in [2.75, 3.05) is 45.2 Å². The van der Waals surface area contributed by atoms with E-state index in [1.165, 1.54) is 0 Å². The van der Waals surface area contributed by atoms with Gasteiger partial charge in [-0.05, 0) is 25.2 Å². The van der Waals surface area contributed by atoms with Gasteiger partial charge in [-0.2, -0.15) is 0 Å². The lowest BCUT2D eigenvalue weighted by atomic mass is 10.2. The predicted octanol–water partition coefficient (Wildman–Crippen LogP) is 2.38. The zero-order valence-electron chi connectivity index (χ0n) is 16.3. The Labute approximate surface area is 169 Å². The van der Waals surface area contributed by atoms with E-state index in [1.54, 1.807) is 18.4 Å². The number of nitrogens with zero attached hydrogens (tertiary/aromatic N) is 5. The zero-order valence-corrected chi connectivity index (χ0v) is 17.2. The van der Waals surface area contributed by atoms with Crippen molar-refractivity contribution in [2.45, 2.75) is 13.1 Å². The number of rotatable bonds is 7. The van der Waals surface area contributed by atoms with Gasteiger partial charge < -0.3 is 19.9 Å². The molecule has 2 aromatic heterocycles. The van der Waals surface area contributed by atoms with Gasteiger partial charge in [-0.3, -0.25) is 4.57 Å². The Bertz CT molecular complexity index is 900. The third kappa shape index (κ3) is 4.19. The average Bonchev–Trinajstić information content (AvgIpc) is 3.38. The molecule has 0 radical (unpaired) electrons. The lowest BCUT2D eigenvalue weighted by molar-refractivity contribution is 0.312. The minimum absolute atomic E-state index is 0.745. The summed E-state index contributed by atoms with van der Waals surface area (Å²) in [7, 11) is 3.87. The number of hydrogen-bond donors (Lipinski definition) is 1. The van der Waals surface area contributed by atoms with Crippen molar-refractivity contribution >= 4 is 16.5 Å². The van der Waals surface area contributed by atoms with E-state index in [-0.39, 0.29) is 0 Å². The molecular weight excluding hydrogens is 372 g/mol. The fraction of sp³-hybridized carbons (Fsp3) is 0.400. The summed E-state index contributed by atoms with van der Waals surface area (Å²) in [6.07, 6.45) is 2.05. The lowest BCUT2D eigenvalue weighted by Gasteiger charge is -2.31. The first-order valence-corrected chi connectivity index (χ1v) is 10.3. The van der Waals surface area contributed by atoms with E-state index in [0.29, 0.717) is 0 Å². The second kappa shape index (κ2) is 8.72. The Morgan fingerprint density at radius 3 is 2.61 bits per heavy atom. The number of para-hydroxylation sites is 1. The van der Waals surface area contributed by atoms with Crippen LogP contribution in [-0.2, 0) is 13.1 Å². The second-order valence-corrected chi connectivity index (χ2v) is 7.88. The number of hydrogen-bond acceptors (Lipinski definition) is 7. The van der Waals surface area contributed by atoms with Crippen molar-refractivity contribution < 1.29 is 4.74 Å². The van der Waals surface area contributed by atoms with Crippen LogP contribution < -0.4 is 15.0 Å². The maximum Gasteiger partial charge on any atom is 0.218 e. The molecule has 0 aliphatic carbocycles. The highest BCUT2D eigenvalue weighted by molar-refractivity contribution is 7.17. The molecule has 0 atom stereocenters. The van der Waals surface area contributed by atoms with Gasteiger partial charge in [0.05, 0.1) is 7.11 Å². The van der Waals surface area contributed by atoms with Gasteiger partial charge in [0.2, 0.25) is 10.3 Å². The Morgan fingerprint density at radius 1 is 1.00 bits per heavy atom. The van der Waals surface area contributed by atoms with Gasteiger partial charge in [0.1, 0.15) is 5.75 Å². The summed E-state index contributed by atoms with van der Waals surface area (Å²) in [6, 6.07) is 12.3. The van der Waals surface area contributed by atoms with Crippen LogP contribution in [0.5, 0.6) is 5.75 Å². The molecule has 1 fully saturated rings. The molecule has 7 nitrogen and oxygen atoms in total. The molecule has 148 valence electrons. The average molecular weight is 399 g/mol. The van der Waals surface area contributed by atoms with E-state index in [1.807, 2.05) is 24.4 Å². The SMILES string of the molecule is COc1ccccc1CNCc1cccn1-c1nnc(N2CCN(C)CC2)s1. The summed E-state index contributed by atoms with van der Waals surface area (Å²) >= 11 is 1.65. The molecule has 3 aromatic rings. The highest BCUT2D eigenvalue weighted by Gasteiger charge is 2.19. The Hall–Kier alpha value is -2.42. The maximum absolute atomic E-state index is 5.42. The Balaban J connectivity index is 1.40. The van der Waals surface area contributed by atoms with E-state index in [0.717, 1.165) is 66.5 Å². The van der Waals surface area contributed by atoms with Crippen LogP contribution in [0.25, 0.3) is 5.13 Å². The van der Waals surface area contributed by atoms with Crippen LogP contribution in [0.4, 0.5) is 5.13 Å². The first-order chi connectivity index (χ1) is 13.7. The molecule has 0 saturated carbocycles. The van der Waals surface area contributed by atoms with Crippen LogP contribution in [-0.4, -0.2) is 60.0 Å². The molecule has 1 saturated heterocycles. The first kappa shape index (κ1) is 18.9. The molecule has 1 N–H and O–H groups in total. The number of nitrogens with one attached hydrogen (secondary N) is 1. The molecular formula is C20H26N6OS. The minimum atomic E-state index is 0.745. The van der Waals surface area contributed by atoms with E-state index in [9.17, 15) is 0 Å². The van der Waals surface area contributed by atoms with Gasteiger partial charge >= 0.3 is 0 Å². The molecule has 0 spiro atoms. The molecule has 1 aliphatic heterocycles. The first-order valence-electron chi connectivity index (χ1n) is 9.51. The quantitative estimate of drug-likeness (QED) is 0.659. The fourth-order valence-corrected chi connectivity index (χ4v) is 4.27. The predicted molar refractivity (Wildman–Crippen MR) is 112 cm³/mol. The number of ether oxygens (including phenoxy) is 1. The van der Waals surface area contributed by atoms with Crippen LogP contribution >= 0.6 is 11.3 Å². The van der Waals surface area contributed by atoms with Crippen LogP contribution in [0, 0.1) is 0 Å². The smallest absolute Gasteiger partial charge is 0.218 e. The number of aromatic nitrogens is 3. The molecule has 0 bridgehead atoms. The number of methoxy groups -OCH3 is 1. The van der Waals surface area contributed by atoms with E-state index in [2.05, 4.69) is 55.1 Å².